The molecule has 1 saturated heterocycles. The maximum atomic E-state index is 12.7. The molecule has 0 aliphatic carbocycles. The first-order chi connectivity index (χ1) is 13.2. The van der Waals surface area contributed by atoms with Gasteiger partial charge < -0.3 is 19.5 Å². The minimum atomic E-state index is -0.254. The Morgan fingerprint density at radius 1 is 1.07 bits per heavy atom. The number of aromatic nitrogens is 1. The van der Waals surface area contributed by atoms with E-state index in [0.29, 0.717) is 11.3 Å². The van der Waals surface area contributed by atoms with E-state index in [9.17, 15) is 4.79 Å². The second-order valence-corrected chi connectivity index (χ2v) is 6.49. The van der Waals surface area contributed by atoms with E-state index in [1.807, 2.05) is 48.5 Å². The molecule has 1 aliphatic heterocycles. The summed E-state index contributed by atoms with van der Waals surface area (Å²) in [5.41, 5.74) is 3.09. The van der Waals surface area contributed by atoms with E-state index in [1.54, 1.807) is 7.11 Å². The summed E-state index contributed by atoms with van der Waals surface area (Å²) >= 11 is 0. The zero-order valence-electron chi connectivity index (χ0n) is 15.1. The number of carbonyl (C=O) groups excluding carboxylic acids is 1. The van der Waals surface area contributed by atoms with Crippen molar-refractivity contribution in [3.63, 3.8) is 0 Å². The van der Waals surface area contributed by atoms with Gasteiger partial charge in [0, 0.05) is 30.0 Å². The van der Waals surface area contributed by atoms with Crippen molar-refractivity contribution in [3.8, 4) is 17.1 Å². The first-order valence-electron chi connectivity index (χ1n) is 9.00. The Morgan fingerprint density at radius 3 is 2.44 bits per heavy atom. The molecule has 0 saturated carbocycles. The Kier molecular flexibility index (Phi) is 4.78. The molecule has 27 heavy (non-hydrogen) atoms. The fourth-order valence-electron chi connectivity index (χ4n) is 3.28. The predicted molar refractivity (Wildman–Crippen MR) is 104 cm³/mol. The Bertz CT molecular complexity index is 911. The normalized spacial score (nSPS) is 13.6. The Hall–Kier alpha value is -3.28. The second-order valence-electron chi connectivity index (χ2n) is 6.49. The molecule has 138 valence electrons. The summed E-state index contributed by atoms with van der Waals surface area (Å²) in [6.45, 7) is 2.19. The quantitative estimate of drug-likeness (QED) is 0.736. The van der Waals surface area contributed by atoms with Crippen LogP contribution in [0.15, 0.2) is 59.3 Å². The van der Waals surface area contributed by atoms with Crippen LogP contribution in [0.3, 0.4) is 0 Å². The highest BCUT2D eigenvalue weighted by Gasteiger charge is 2.18. The number of rotatable bonds is 5. The van der Waals surface area contributed by atoms with E-state index >= 15 is 0 Å². The van der Waals surface area contributed by atoms with Crippen LogP contribution < -0.4 is 15.0 Å². The van der Waals surface area contributed by atoms with Crippen LogP contribution in [0.25, 0.3) is 11.3 Å². The highest BCUT2D eigenvalue weighted by molar-refractivity contribution is 6.07. The molecule has 4 rings (SSSR count). The molecule has 0 bridgehead atoms. The first-order valence-corrected chi connectivity index (χ1v) is 9.00. The molecule has 0 spiro atoms. The van der Waals surface area contributed by atoms with Crippen molar-refractivity contribution in [2.75, 3.05) is 30.4 Å². The first kappa shape index (κ1) is 17.1. The third-order valence-electron chi connectivity index (χ3n) is 4.76. The number of ether oxygens (including phenoxy) is 1. The lowest BCUT2D eigenvalue weighted by Gasteiger charge is -2.17. The summed E-state index contributed by atoms with van der Waals surface area (Å²) in [6.07, 6.45) is 3.91. The highest BCUT2D eigenvalue weighted by atomic mass is 16.5. The maximum absolute atomic E-state index is 12.7. The molecular weight excluding hydrogens is 342 g/mol. The summed E-state index contributed by atoms with van der Waals surface area (Å²) in [4.78, 5) is 15.0. The highest BCUT2D eigenvalue weighted by Crippen LogP contribution is 2.27. The summed E-state index contributed by atoms with van der Waals surface area (Å²) in [6, 6.07) is 15.2. The average Bonchev–Trinajstić information content (AvgIpc) is 3.41. The number of hydrogen-bond donors (Lipinski definition) is 1. The zero-order chi connectivity index (χ0) is 18.6. The van der Waals surface area contributed by atoms with Gasteiger partial charge in [0.25, 0.3) is 5.91 Å². The average molecular weight is 363 g/mol. The second kappa shape index (κ2) is 7.53. The molecule has 3 aromatic rings. The van der Waals surface area contributed by atoms with Crippen molar-refractivity contribution in [2.24, 2.45) is 0 Å². The smallest absolute Gasteiger partial charge is 0.261 e. The molecule has 6 heteroatoms. The maximum Gasteiger partial charge on any atom is 0.261 e. The van der Waals surface area contributed by atoms with Crippen molar-refractivity contribution in [1.82, 2.24) is 5.16 Å². The topological polar surface area (TPSA) is 67.6 Å². The van der Waals surface area contributed by atoms with Crippen LogP contribution in [0.5, 0.6) is 5.75 Å². The van der Waals surface area contributed by atoms with Gasteiger partial charge >= 0.3 is 0 Å². The van der Waals surface area contributed by atoms with Crippen molar-refractivity contribution >= 4 is 17.3 Å². The number of carbonyl (C=O) groups is 1. The van der Waals surface area contributed by atoms with E-state index < -0.39 is 0 Å². The largest absolute Gasteiger partial charge is 0.497 e. The molecule has 1 fully saturated rings. The van der Waals surface area contributed by atoms with Gasteiger partial charge in [-0.25, -0.2) is 0 Å². The molecule has 2 aromatic carbocycles. The standard InChI is InChI=1S/C21H21N3O3/c1-26-18-10-4-15(5-11-18)20-19(14-22-27-20)21(25)23-16-6-8-17(9-7-16)24-12-2-3-13-24/h4-11,14H,2-3,12-13H2,1H3,(H,23,25). The Labute approximate surface area is 157 Å². The lowest BCUT2D eigenvalue weighted by Crippen LogP contribution is -2.17. The molecule has 0 unspecified atom stereocenters. The molecular formula is C21H21N3O3. The molecule has 0 atom stereocenters. The van der Waals surface area contributed by atoms with Crippen LogP contribution in [-0.4, -0.2) is 31.3 Å². The van der Waals surface area contributed by atoms with Crippen LogP contribution in [0.1, 0.15) is 23.2 Å². The summed E-state index contributed by atoms with van der Waals surface area (Å²) in [7, 11) is 1.61. The van der Waals surface area contributed by atoms with Crippen LogP contribution in [0, 0.1) is 0 Å². The number of amides is 1. The zero-order valence-corrected chi connectivity index (χ0v) is 15.1. The van der Waals surface area contributed by atoms with Crippen LogP contribution in [0.4, 0.5) is 11.4 Å². The number of anilines is 2. The number of benzene rings is 2. The Morgan fingerprint density at radius 2 is 1.78 bits per heavy atom. The third kappa shape index (κ3) is 3.65. The number of methoxy groups -OCH3 is 1. The third-order valence-corrected chi connectivity index (χ3v) is 4.76. The fourth-order valence-corrected chi connectivity index (χ4v) is 3.28. The fraction of sp³-hybridized carbons (Fsp3) is 0.238. The van der Waals surface area contributed by atoms with Gasteiger partial charge in [-0.15, -0.1) is 0 Å². The molecule has 1 N–H and O–H groups in total. The molecule has 1 aromatic heterocycles. The van der Waals surface area contributed by atoms with Gasteiger partial charge in [0.1, 0.15) is 11.3 Å². The van der Waals surface area contributed by atoms with E-state index in [1.165, 1.54) is 24.7 Å². The molecule has 6 nitrogen and oxygen atoms in total. The SMILES string of the molecule is COc1ccc(-c2oncc2C(=O)Nc2ccc(N3CCCC3)cc2)cc1. The van der Waals surface area contributed by atoms with Crippen molar-refractivity contribution in [2.45, 2.75) is 12.8 Å². The summed E-state index contributed by atoms with van der Waals surface area (Å²) in [5, 5.41) is 6.71. The number of hydrogen-bond acceptors (Lipinski definition) is 5. The predicted octanol–water partition coefficient (Wildman–Crippen LogP) is 4.20. The van der Waals surface area contributed by atoms with Crippen molar-refractivity contribution in [1.29, 1.82) is 0 Å². The minimum Gasteiger partial charge on any atom is -0.497 e. The van der Waals surface area contributed by atoms with Crippen molar-refractivity contribution < 1.29 is 14.1 Å². The van der Waals surface area contributed by atoms with Crippen molar-refractivity contribution in [3.05, 3.63) is 60.3 Å². The molecule has 1 amide bonds. The van der Waals surface area contributed by atoms with Gasteiger partial charge in [-0.05, 0) is 61.4 Å². The van der Waals surface area contributed by atoms with Gasteiger partial charge in [-0.3, -0.25) is 4.79 Å². The van der Waals surface area contributed by atoms with Gasteiger partial charge in [-0.1, -0.05) is 5.16 Å². The lowest BCUT2D eigenvalue weighted by molar-refractivity contribution is 0.102. The molecule has 2 heterocycles. The van der Waals surface area contributed by atoms with Gasteiger partial charge in [0.05, 0.1) is 13.3 Å². The lowest BCUT2D eigenvalue weighted by atomic mass is 10.1. The number of nitrogens with zero attached hydrogens (tertiary/aromatic N) is 2. The monoisotopic (exact) mass is 363 g/mol. The van der Waals surface area contributed by atoms with Crippen LogP contribution in [-0.2, 0) is 0 Å². The minimum absolute atomic E-state index is 0.254. The molecule has 1 aliphatic rings. The van der Waals surface area contributed by atoms with Crippen LogP contribution >= 0.6 is 0 Å². The van der Waals surface area contributed by atoms with Gasteiger partial charge in [0.15, 0.2) is 5.76 Å². The van der Waals surface area contributed by atoms with E-state index in [-0.39, 0.29) is 5.91 Å². The molecule has 0 radical (unpaired) electrons. The van der Waals surface area contributed by atoms with E-state index in [0.717, 1.165) is 30.1 Å². The van der Waals surface area contributed by atoms with Gasteiger partial charge in [-0.2, -0.15) is 0 Å². The van der Waals surface area contributed by atoms with E-state index in [2.05, 4.69) is 15.4 Å². The van der Waals surface area contributed by atoms with E-state index in [4.69, 9.17) is 9.26 Å². The van der Waals surface area contributed by atoms with Crippen LogP contribution in [0.2, 0.25) is 0 Å². The van der Waals surface area contributed by atoms with Gasteiger partial charge in [0.2, 0.25) is 0 Å². The Balaban J connectivity index is 1.49. The summed E-state index contributed by atoms with van der Waals surface area (Å²) in [5.74, 6) is 0.919. The summed E-state index contributed by atoms with van der Waals surface area (Å²) < 4.78 is 10.5. The number of nitrogens with one attached hydrogen (secondary N) is 1.